The molecule has 1 aromatic heterocycles. The smallest absolute Gasteiger partial charge is 0.229 e. The summed E-state index contributed by atoms with van der Waals surface area (Å²) < 4.78 is 0. The number of hydrogen-bond acceptors (Lipinski definition) is 4. The van der Waals surface area contributed by atoms with E-state index in [1.165, 1.54) is 24.8 Å². The average molecular weight is 310 g/mol. The minimum absolute atomic E-state index is 0.0775. The van der Waals surface area contributed by atoms with Gasteiger partial charge in [0.2, 0.25) is 5.95 Å². The summed E-state index contributed by atoms with van der Waals surface area (Å²) in [4.78, 5) is 11.5. The van der Waals surface area contributed by atoms with Gasteiger partial charge in [0.1, 0.15) is 5.82 Å². The summed E-state index contributed by atoms with van der Waals surface area (Å²) in [5.41, 5.74) is 2.43. The summed E-state index contributed by atoms with van der Waals surface area (Å²) in [5.74, 6) is 1.69. The van der Waals surface area contributed by atoms with E-state index in [9.17, 15) is 0 Å². The number of piperidine rings is 1. The predicted octanol–water partition coefficient (Wildman–Crippen LogP) is 4.51. The molecule has 122 valence electrons. The molecule has 0 spiro atoms. The van der Waals surface area contributed by atoms with Crippen LogP contribution in [0.5, 0.6) is 0 Å². The van der Waals surface area contributed by atoms with Gasteiger partial charge in [0.25, 0.3) is 0 Å². The van der Waals surface area contributed by atoms with E-state index in [2.05, 4.69) is 54.2 Å². The highest BCUT2D eigenvalue weighted by Crippen LogP contribution is 2.30. The molecular weight excluding hydrogens is 284 g/mol. The quantitative estimate of drug-likeness (QED) is 0.905. The zero-order valence-corrected chi connectivity index (χ0v) is 14.3. The number of nitrogens with one attached hydrogen (secondary N) is 1. The van der Waals surface area contributed by atoms with Gasteiger partial charge in [-0.25, -0.2) is 4.98 Å². The molecule has 0 bridgehead atoms. The van der Waals surface area contributed by atoms with Crippen molar-refractivity contribution in [3.8, 4) is 0 Å². The van der Waals surface area contributed by atoms with Crippen molar-refractivity contribution in [2.75, 3.05) is 23.3 Å². The molecule has 1 aliphatic rings. The molecule has 4 nitrogen and oxygen atoms in total. The standard InChI is InChI=1S/C19H26N4/c1-19(2,3)15-9-5-6-10-16(15)21-18-20-12-11-17(22-18)23-13-7-4-8-14-23/h5-6,9-12H,4,7-8,13-14H2,1-3H3,(H,20,21,22). The van der Waals surface area contributed by atoms with Crippen LogP contribution < -0.4 is 10.2 Å². The molecule has 0 radical (unpaired) electrons. The van der Waals surface area contributed by atoms with Crippen LogP contribution in [-0.4, -0.2) is 23.1 Å². The van der Waals surface area contributed by atoms with Gasteiger partial charge in [0, 0.05) is 25.0 Å². The van der Waals surface area contributed by atoms with Crippen LogP contribution in [0.2, 0.25) is 0 Å². The van der Waals surface area contributed by atoms with E-state index in [1.807, 2.05) is 18.3 Å². The largest absolute Gasteiger partial charge is 0.356 e. The van der Waals surface area contributed by atoms with E-state index in [0.29, 0.717) is 5.95 Å². The summed E-state index contributed by atoms with van der Waals surface area (Å²) in [5, 5.41) is 3.41. The van der Waals surface area contributed by atoms with E-state index >= 15 is 0 Å². The van der Waals surface area contributed by atoms with Gasteiger partial charge in [-0.15, -0.1) is 0 Å². The number of nitrogens with zero attached hydrogens (tertiary/aromatic N) is 3. The Kier molecular flexibility index (Phi) is 4.51. The second kappa shape index (κ2) is 6.57. The number of aromatic nitrogens is 2. The van der Waals surface area contributed by atoms with Crippen molar-refractivity contribution in [2.45, 2.75) is 45.4 Å². The minimum Gasteiger partial charge on any atom is -0.356 e. The Hall–Kier alpha value is -2.10. The van der Waals surface area contributed by atoms with E-state index in [1.54, 1.807) is 0 Å². The van der Waals surface area contributed by atoms with Crippen LogP contribution in [0, 0.1) is 0 Å². The number of rotatable bonds is 3. The molecule has 1 saturated heterocycles. The lowest BCUT2D eigenvalue weighted by Gasteiger charge is -2.28. The van der Waals surface area contributed by atoms with E-state index in [0.717, 1.165) is 24.6 Å². The summed E-state index contributed by atoms with van der Waals surface area (Å²) in [6, 6.07) is 10.4. The van der Waals surface area contributed by atoms with Crippen LogP contribution in [0.15, 0.2) is 36.5 Å². The Morgan fingerprint density at radius 2 is 1.74 bits per heavy atom. The summed E-state index contributed by atoms with van der Waals surface area (Å²) in [6.45, 7) is 8.85. The van der Waals surface area contributed by atoms with Crippen molar-refractivity contribution < 1.29 is 0 Å². The Morgan fingerprint density at radius 3 is 2.48 bits per heavy atom. The van der Waals surface area contributed by atoms with Crippen molar-refractivity contribution in [2.24, 2.45) is 0 Å². The normalized spacial score (nSPS) is 15.5. The summed E-state index contributed by atoms with van der Waals surface area (Å²) >= 11 is 0. The highest BCUT2D eigenvalue weighted by atomic mass is 15.2. The molecule has 2 aromatic rings. The molecule has 4 heteroatoms. The monoisotopic (exact) mass is 310 g/mol. The molecule has 0 amide bonds. The zero-order chi connectivity index (χ0) is 16.3. The third-order valence-electron chi connectivity index (χ3n) is 4.30. The van der Waals surface area contributed by atoms with Crippen molar-refractivity contribution >= 4 is 17.5 Å². The third kappa shape index (κ3) is 3.81. The second-order valence-electron chi connectivity index (χ2n) is 7.21. The van der Waals surface area contributed by atoms with Crippen molar-refractivity contribution in [1.82, 2.24) is 9.97 Å². The second-order valence-corrected chi connectivity index (χ2v) is 7.21. The molecule has 1 aromatic carbocycles. The number of para-hydroxylation sites is 1. The molecule has 1 aliphatic heterocycles. The molecule has 1 N–H and O–H groups in total. The Balaban J connectivity index is 1.84. The first kappa shape index (κ1) is 15.8. The van der Waals surface area contributed by atoms with Crippen LogP contribution >= 0.6 is 0 Å². The number of hydrogen-bond donors (Lipinski definition) is 1. The fraction of sp³-hybridized carbons (Fsp3) is 0.474. The molecule has 23 heavy (non-hydrogen) atoms. The molecule has 2 heterocycles. The first-order chi connectivity index (χ1) is 11.0. The lowest BCUT2D eigenvalue weighted by atomic mass is 9.86. The lowest BCUT2D eigenvalue weighted by Crippen LogP contribution is -2.30. The van der Waals surface area contributed by atoms with Crippen LogP contribution in [-0.2, 0) is 5.41 Å². The molecule has 3 rings (SSSR count). The maximum absolute atomic E-state index is 4.72. The van der Waals surface area contributed by atoms with Crippen LogP contribution in [0.3, 0.4) is 0 Å². The number of benzene rings is 1. The van der Waals surface area contributed by atoms with Gasteiger partial charge in [0.05, 0.1) is 0 Å². The Morgan fingerprint density at radius 1 is 1.00 bits per heavy atom. The average Bonchev–Trinajstić information content (AvgIpc) is 2.55. The predicted molar refractivity (Wildman–Crippen MR) is 96.5 cm³/mol. The van der Waals surface area contributed by atoms with E-state index in [4.69, 9.17) is 4.98 Å². The van der Waals surface area contributed by atoms with Gasteiger partial charge in [-0.3, -0.25) is 0 Å². The first-order valence-corrected chi connectivity index (χ1v) is 8.48. The van der Waals surface area contributed by atoms with Gasteiger partial charge < -0.3 is 10.2 Å². The van der Waals surface area contributed by atoms with Crippen LogP contribution in [0.1, 0.15) is 45.6 Å². The molecule has 1 fully saturated rings. The highest BCUT2D eigenvalue weighted by Gasteiger charge is 2.18. The first-order valence-electron chi connectivity index (χ1n) is 8.48. The summed E-state index contributed by atoms with van der Waals surface area (Å²) in [6.07, 6.45) is 5.67. The fourth-order valence-corrected chi connectivity index (χ4v) is 3.08. The molecule has 0 saturated carbocycles. The van der Waals surface area contributed by atoms with Gasteiger partial charge >= 0.3 is 0 Å². The van der Waals surface area contributed by atoms with Crippen molar-refractivity contribution in [3.05, 3.63) is 42.1 Å². The minimum atomic E-state index is 0.0775. The molecule has 0 unspecified atom stereocenters. The lowest BCUT2D eigenvalue weighted by molar-refractivity contribution is 0.573. The molecular formula is C19H26N4. The summed E-state index contributed by atoms with van der Waals surface area (Å²) in [7, 11) is 0. The Labute approximate surface area is 139 Å². The zero-order valence-electron chi connectivity index (χ0n) is 14.3. The highest BCUT2D eigenvalue weighted by molar-refractivity contribution is 5.61. The third-order valence-corrected chi connectivity index (χ3v) is 4.30. The van der Waals surface area contributed by atoms with Gasteiger partial charge in [-0.2, -0.15) is 4.98 Å². The topological polar surface area (TPSA) is 41.1 Å². The molecule has 0 atom stereocenters. The van der Waals surface area contributed by atoms with E-state index in [-0.39, 0.29) is 5.41 Å². The van der Waals surface area contributed by atoms with Gasteiger partial charge in [-0.05, 0) is 42.4 Å². The van der Waals surface area contributed by atoms with Gasteiger partial charge in [-0.1, -0.05) is 39.0 Å². The molecule has 0 aliphatic carbocycles. The van der Waals surface area contributed by atoms with Crippen molar-refractivity contribution in [1.29, 1.82) is 0 Å². The van der Waals surface area contributed by atoms with Crippen LogP contribution in [0.4, 0.5) is 17.5 Å². The Bertz CT molecular complexity index is 654. The van der Waals surface area contributed by atoms with Gasteiger partial charge in [0.15, 0.2) is 0 Å². The fourth-order valence-electron chi connectivity index (χ4n) is 3.08. The maximum Gasteiger partial charge on any atom is 0.229 e. The SMILES string of the molecule is CC(C)(C)c1ccccc1Nc1nccc(N2CCCCC2)n1. The van der Waals surface area contributed by atoms with E-state index < -0.39 is 0 Å². The maximum atomic E-state index is 4.72. The van der Waals surface area contributed by atoms with Crippen molar-refractivity contribution in [3.63, 3.8) is 0 Å². The number of anilines is 3. The van der Waals surface area contributed by atoms with Crippen LogP contribution in [0.25, 0.3) is 0 Å².